The third-order valence-corrected chi connectivity index (χ3v) is 4.07. The molecule has 118 valence electrons. The highest BCUT2D eigenvalue weighted by atomic mass is 16.5. The lowest BCUT2D eigenvalue weighted by atomic mass is 9.93. The van der Waals surface area contributed by atoms with E-state index in [1.54, 1.807) is 24.9 Å². The molecule has 6 heteroatoms. The molecule has 1 aromatic heterocycles. The summed E-state index contributed by atoms with van der Waals surface area (Å²) in [5.41, 5.74) is 2.53. The van der Waals surface area contributed by atoms with Crippen LogP contribution in [0.15, 0.2) is 23.0 Å². The average Bonchev–Trinajstić information content (AvgIpc) is 2.59. The molecule has 0 radical (unpaired) electrons. The standard InChI is InChI=1S/C17H16N2O4/c1-21-13-8-16(20)19-5-4-10-6-14(22-2)15(23-3)7-11(10)17(19)12(13)9-18/h6-8H,4-5H2,1-3H3. The van der Waals surface area contributed by atoms with Crippen molar-refractivity contribution in [3.8, 4) is 34.6 Å². The van der Waals surface area contributed by atoms with Crippen LogP contribution in [0.3, 0.4) is 0 Å². The van der Waals surface area contributed by atoms with Crippen molar-refractivity contribution >= 4 is 0 Å². The Morgan fingerprint density at radius 2 is 1.70 bits per heavy atom. The summed E-state index contributed by atoms with van der Waals surface area (Å²) in [5.74, 6) is 1.47. The third kappa shape index (κ3) is 2.21. The van der Waals surface area contributed by atoms with Crippen molar-refractivity contribution in [3.63, 3.8) is 0 Å². The van der Waals surface area contributed by atoms with Gasteiger partial charge >= 0.3 is 0 Å². The fraction of sp³-hybridized carbons (Fsp3) is 0.294. The van der Waals surface area contributed by atoms with Gasteiger partial charge in [0.1, 0.15) is 17.4 Å². The zero-order valence-electron chi connectivity index (χ0n) is 13.2. The fourth-order valence-electron chi connectivity index (χ4n) is 2.98. The predicted molar refractivity (Wildman–Crippen MR) is 84.2 cm³/mol. The number of pyridine rings is 1. The second-order valence-electron chi connectivity index (χ2n) is 5.15. The number of aromatic nitrogens is 1. The van der Waals surface area contributed by atoms with Gasteiger partial charge in [-0.25, -0.2) is 0 Å². The number of nitriles is 1. The molecule has 0 bridgehead atoms. The van der Waals surface area contributed by atoms with E-state index >= 15 is 0 Å². The number of benzene rings is 1. The maximum Gasteiger partial charge on any atom is 0.254 e. The molecule has 2 heterocycles. The van der Waals surface area contributed by atoms with Crippen molar-refractivity contribution in [2.75, 3.05) is 21.3 Å². The van der Waals surface area contributed by atoms with Gasteiger partial charge in [0.2, 0.25) is 0 Å². The quantitative estimate of drug-likeness (QED) is 0.866. The van der Waals surface area contributed by atoms with Gasteiger partial charge in [0.25, 0.3) is 5.56 Å². The Morgan fingerprint density at radius 3 is 2.30 bits per heavy atom. The van der Waals surface area contributed by atoms with Crippen molar-refractivity contribution in [3.05, 3.63) is 39.7 Å². The van der Waals surface area contributed by atoms with E-state index in [1.165, 1.54) is 13.2 Å². The zero-order chi connectivity index (χ0) is 16.6. The van der Waals surface area contributed by atoms with E-state index in [-0.39, 0.29) is 11.3 Å². The van der Waals surface area contributed by atoms with Crippen LogP contribution in [-0.4, -0.2) is 25.9 Å². The Bertz CT molecular complexity index is 878. The Hall–Kier alpha value is -2.94. The molecule has 0 fully saturated rings. The summed E-state index contributed by atoms with van der Waals surface area (Å²) >= 11 is 0. The monoisotopic (exact) mass is 312 g/mol. The zero-order valence-corrected chi connectivity index (χ0v) is 13.2. The first-order valence-electron chi connectivity index (χ1n) is 7.11. The lowest BCUT2D eigenvalue weighted by Crippen LogP contribution is -2.27. The molecule has 1 aliphatic heterocycles. The van der Waals surface area contributed by atoms with Gasteiger partial charge in [-0.2, -0.15) is 5.26 Å². The molecule has 0 aliphatic carbocycles. The van der Waals surface area contributed by atoms with E-state index in [0.29, 0.717) is 35.7 Å². The van der Waals surface area contributed by atoms with Crippen LogP contribution in [-0.2, 0) is 13.0 Å². The second kappa shape index (κ2) is 5.69. The summed E-state index contributed by atoms with van der Waals surface area (Å²) in [7, 11) is 4.58. The molecule has 3 rings (SSSR count). The first-order chi connectivity index (χ1) is 11.1. The number of methoxy groups -OCH3 is 3. The Morgan fingerprint density at radius 1 is 1.04 bits per heavy atom. The van der Waals surface area contributed by atoms with Gasteiger partial charge in [0.05, 0.1) is 27.0 Å². The topological polar surface area (TPSA) is 73.5 Å². The van der Waals surface area contributed by atoms with Gasteiger partial charge in [-0.3, -0.25) is 4.79 Å². The SMILES string of the molecule is COc1cc2c(cc1OC)-c1c(C#N)c(OC)cc(=O)n1CC2. The highest BCUT2D eigenvalue weighted by Gasteiger charge is 2.25. The molecule has 1 aliphatic rings. The minimum absolute atomic E-state index is 0.184. The van der Waals surface area contributed by atoms with Gasteiger partial charge in [-0.1, -0.05) is 0 Å². The van der Waals surface area contributed by atoms with Crippen LogP contribution < -0.4 is 19.8 Å². The number of fused-ring (bicyclic) bond motifs is 3. The minimum atomic E-state index is -0.184. The molecule has 0 amide bonds. The van der Waals surface area contributed by atoms with Crippen molar-refractivity contribution in [2.24, 2.45) is 0 Å². The summed E-state index contributed by atoms with van der Waals surface area (Å²) in [6.45, 7) is 0.509. The van der Waals surface area contributed by atoms with Crippen LogP contribution in [0, 0.1) is 11.3 Å². The van der Waals surface area contributed by atoms with Crippen molar-refractivity contribution < 1.29 is 14.2 Å². The highest BCUT2D eigenvalue weighted by molar-refractivity contribution is 5.76. The van der Waals surface area contributed by atoms with Crippen LogP contribution in [0.25, 0.3) is 11.3 Å². The first kappa shape index (κ1) is 15.0. The van der Waals surface area contributed by atoms with Gasteiger partial charge in [0, 0.05) is 18.2 Å². The molecule has 0 saturated heterocycles. The molecule has 23 heavy (non-hydrogen) atoms. The molecular formula is C17H16N2O4. The summed E-state index contributed by atoms with van der Waals surface area (Å²) in [6, 6.07) is 7.20. The van der Waals surface area contributed by atoms with Crippen LogP contribution in [0.4, 0.5) is 0 Å². The molecule has 0 saturated carbocycles. The van der Waals surface area contributed by atoms with E-state index in [1.807, 2.05) is 6.07 Å². The molecule has 0 N–H and O–H groups in total. The second-order valence-corrected chi connectivity index (χ2v) is 5.15. The van der Waals surface area contributed by atoms with Gasteiger partial charge in [-0.05, 0) is 24.1 Å². The maximum absolute atomic E-state index is 12.3. The van der Waals surface area contributed by atoms with Crippen LogP contribution in [0.5, 0.6) is 17.2 Å². The Labute approximate surface area is 133 Å². The van der Waals surface area contributed by atoms with E-state index in [4.69, 9.17) is 14.2 Å². The predicted octanol–water partition coefficient (Wildman–Crippen LogP) is 1.97. The molecule has 0 unspecified atom stereocenters. The van der Waals surface area contributed by atoms with Gasteiger partial charge in [0.15, 0.2) is 11.5 Å². The third-order valence-electron chi connectivity index (χ3n) is 4.07. The number of aryl methyl sites for hydroxylation is 1. The van der Waals surface area contributed by atoms with Gasteiger partial charge in [-0.15, -0.1) is 0 Å². The molecule has 2 aromatic rings. The molecule has 1 aromatic carbocycles. The molecule has 0 spiro atoms. The lowest BCUT2D eigenvalue weighted by molar-refractivity contribution is 0.354. The van der Waals surface area contributed by atoms with Crippen LogP contribution in [0.1, 0.15) is 11.1 Å². The molecular weight excluding hydrogens is 296 g/mol. The highest BCUT2D eigenvalue weighted by Crippen LogP contribution is 2.40. The van der Waals surface area contributed by atoms with E-state index < -0.39 is 0 Å². The first-order valence-corrected chi connectivity index (χ1v) is 7.11. The van der Waals surface area contributed by atoms with E-state index in [9.17, 15) is 10.1 Å². The number of hydrogen-bond donors (Lipinski definition) is 0. The number of nitrogens with zero attached hydrogens (tertiary/aromatic N) is 2. The summed E-state index contributed by atoms with van der Waals surface area (Å²) in [4.78, 5) is 12.3. The number of rotatable bonds is 3. The van der Waals surface area contributed by atoms with Crippen LogP contribution in [0.2, 0.25) is 0 Å². The number of hydrogen-bond acceptors (Lipinski definition) is 5. The van der Waals surface area contributed by atoms with E-state index in [2.05, 4.69) is 6.07 Å². The van der Waals surface area contributed by atoms with Gasteiger partial charge < -0.3 is 18.8 Å². The van der Waals surface area contributed by atoms with Crippen molar-refractivity contribution in [1.82, 2.24) is 4.57 Å². The largest absolute Gasteiger partial charge is 0.495 e. The lowest BCUT2D eigenvalue weighted by Gasteiger charge is -2.24. The number of ether oxygens (including phenoxy) is 3. The smallest absolute Gasteiger partial charge is 0.254 e. The average molecular weight is 312 g/mol. The molecule has 6 nitrogen and oxygen atoms in total. The summed E-state index contributed by atoms with van der Waals surface area (Å²) in [5, 5.41) is 9.55. The minimum Gasteiger partial charge on any atom is -0.495 e. The normalized spacial score (nSPS) is 11.9. The van der Waals surface area contributed by atoms with E-state index in [0.717, 1.165) is 11.1 Å². The Kier molecular flexibility index (Phi) is 3.70. The fourth-order valence-corrected chi connectivity index (χ4v) is 2.98. The van der Waals surface area contributed by atoms with Crippen molar-refractivity contribution in [1.29, 1.82) is 5.26 Å². The van der Waals surface area contributed by atoms with Crippen LogP contribution >= 0.6 is 0 Å². The summed E-state index contributed by atoms with van der Waals surface area (Å²) in [6.07, 6.45) is 0.680. The Balaban J connectivity index is 2.38. The maximum atomic E-state index is 12.3. The van der Waals surface area contributed by atoms with Crippen molar-refractivity contribution in [2.45, 2.75) is 13.0 Å². The summed E-state index contributed by atoms with van der Waals surface area (Å²) < 4.78 is 17.5. The molecule has 0 atom stereocenters.